The molecule has 1 heterocycles. The maximum absolute atomic E-state index is 5.48. The van der Waals surface area contributed by atoms with Gasteiger partial charge < -0.3 is 5.73 Å². The molecule has 5 heteroatoms. The number of nitrogen functional groups attached to an aromatic ring is 1. The van der Waals surface area contributed by atoms with Crippen LogP contribution in [0.5, 0.6) is 0 Å². The quantitative estimate of drug-likeness (QED) is 0.720. The van der Waals surface area contributed by atoms with Crippen LogP contribution >= 0.6 is 0 Å². The molecule has 0 bridgehead atoms. The van der Waals surface area contributed by atoms with E-state index in [1.54, 1.807) is 4.68 Å². The molecule has 0 atom stereocenters. The van der Waals surface area contributed by atoms with Crippen molar-refractivity contribution in [3.63, 3.8) is 0 Å². The van der Waals surface area contributed by atoms with Gasteiger partial charge in [0.1, 0.15) is 0 Å². The second-order valence-corrected chi connectivity index (χ2v) is 3.30. The smallest absolute Gasteiger partial charge is 0.240 e. The molecule has 0 amide bonds. The van der Waals surface area contributed by atoms with E-state index < -0.39 is 0 Å². The first-order valence-corrected chi connectivity index (χ1v) is 4.22. The summed E-state index contributed by atoms with van der Waals surface area (Å²) in [6.45, 7) is 5.21. The number of aromatic nitrogens is 4. The van der Waals surface area contributed by atoms with E-state index in [9.17, 15) is 0 Å². The molecule has 1 aromatic heterocycles. The summed E-state index contributed by atoms with van der Waals surface area (Å²) in [4.78, 5) is 0. The number of hydrogen-bond acceptors (Lipinski definition) is 4. The van der Waals surface area contributed by atoms with Crippen LogP contribution in [0.15, 0.2) is 0 Å². The van der Waals surface area contributed by atoms with Crippen LogP contribution in [0, 0.1) is 5.92 Å². The lowest BCUT2D eigenvalue weighted by atomic mass is 10.1. The molecule has 68 valence electrons. The molecule has 0 aliphatic heterocycles. The van der Waals surface area contributed by atoms with Crippen LogP contribution < -0.4 is 5.73 Å². The maximum Gasteiger partial charge on any atom is 0.240 e. The Labute approximate surface area is 71.9 Å². The minimum Gasteiger partial charge on any atom is -0.367 e. The first-order valence-electron chi connectivity index (χ1n) is 4.22. The Balaban J connectivity index is 2.29. The van der Waals surface area contributed by atoms with Gasteiger partial charge in [0, 0.05) is 6.54 Å². The van der Waals surface area contributed by atoms with Crippen molar-refractivity contribution in [3.8, 4) is 0 Å². The van der Waals surface area contributed by atoms with E-state index in [-0.39, 0.29) is 0 Å². The zero-order chi connectivity index (χ0) is 8.97. The van der Waals surface area contributed by atoms with Crippen LogP contribution in [0.3, 0.4) is 0 Å². The monoisotopic (exact) mass is 169 g/mol. The van der Waals surface area contributed by atoms with Gasteiger partial charge in [0.15, 0.2) is 0 Å². The van der Waals surface area contributed by atoms with Crippen molar-refractivity contribution in [2.75, 3.05) is 5.73 Å². The highest BCUT2D eigenvalue weighted by Crippen LogP contribution is 2.05. The number of aryl methyl sites for hydroxylation is 1. The van der Waals surface area contributed by atoms with Gasteiger partial charge in [0.05, 0.1) is 0 Å². The minimum atomic E-state index is 0.402. The molecule has 2 N–H and O–H groups in total. The molecule has 12 heavy (non-hydrogen) atoms. The van der Waals surface area contributed by atoms with E-state index in [0.717, 1.165) is 18.9 Å². The lowest BCUT2D eigenvalue weighted by Gasteiger charge is -2.03. The second-order valence-electron chi connectivity index (χ2n) is 3.30. The Hall–Kier alpha value is -1.13. The standard InChI is InChI=1S/C7H15N5/c1-6(2)4-3-5-12-7(8)9-10-11-12/h6H,3-5H2,1-2H3,(H2,8,9,11). The molecule has 1 rings (SSSR count). The third kappa shape index (κ3) is 2.48. The molecule has 0 aliphatic rings. The summed E-state index contributed by atoms with van der Waals surface area (Å²) >= 11 is 0. The van der Waals surface area contributed by atoms with Gasteiger partial charge in [0.25, 0.3) is 0 Å². The minimum absolute atomic E-state index is 0.402. The van der Waals surface area contributed by atoms with Crippen LogP contribution in [-0.4, -0.2) is 20.2 Å². The summed E-state index contributed by atoms with van der Waals surface area (Å²) < 4.78 is 1.63. The van der Waals surface area contributed by atoms with Crippen LogP contribution in [0.4, 0.5) is 5.95 Å². The largest absolute Gasteiger partial charge is 0.367 e. The predicted octanol–water partition coefficient (Wildman–Crippen LogP) is 0.691. The fourth-order valence-electron chi connectivity index (χ4n) is 1.02. The van der Waals surface area contributed by atoms with Gasteiger partial charge in [-0.2, -0.15) is 0 Å². The van der Waals surface area contributed by atoms with Gasteiger partial charge >= 0.3 is 0 Å². The summed E-state index contributed by atoms with van der Waals surface area (Å²) in [6.07, 6.45) is 2.26. The topological polar surface area (TPSA) is 69.6 Å². The molecular formula is C7H15N5. The average molecular weight is 169 g/mol. The van der Waals surface area contributed by atoms with Crippen molar-refractivity contribution >= 4 is 5.95 Å². The van der Waals surface area contributed by atoms with E-state index in [2.05, 4.69) is 29.4 Å². The van der Waals surface area contributed by atoms with Crippen molar-refractivity contribution in [2.24, 2.45) is 5.92 Å². The molecule has 0 radical (unpaired) electrons. The predicted molar refractivity (Wildman–Crippen MR) is 46.3 cm³/mol. The van der Waals surface area contributed by atoms with E-state index in [1.165, 1.54) is 6.42 Å². The van der Waals surface area contributed by atoms with Gasteiger partial charge in [0.2, 0.25) is 5.95 Å². The summed E-state index contributed by atoms with van der Waals surface area (Å²) in [6, 6.07) is 0. The van der Waals surface area contributed by atoms with Crippen molar-refractivity contribution in [1.82, 2.24) is 20.2 Å². The first-order chi connectivity index (χ1) is 5.70. The zero-order valence-electron chi connectivity index (χ0n) is 7.56. The maximum atomic E-state index is 5.48. The normalized spacial score (nSPS) is 10.9. The molecule has 0 unspecified atom stereocenters. The molecule has 1 aromatic rings. The lowest BCUT2D eigenvalue weighted by Crippen LogP contribution is -2.06. The highest BCUT2D eigenvalue weighted by atomic mass is 15.6. The van der Waals surface area contributed by atoms with Gasteiger partial charge in [-0.3, -0.25) is 0 Å². The lowest BCUT2D eigenvalue weighted by molar-refractivity contribution is 0.485. The van der Waals surface area contributed by atoms with Crippen molar-refractivity contribution < 1.29 is 0 Å². The van der Waals surface area contributed by atoms with Crippen molar-refractivity contribution in [3.05, 3.63) is 0 Å². The van der Waals surface area contributed by atoms with Crippen LogP contribution in [0.25, 0.3) is 0 Å². The van der Waals surface area contributed by atoms with E-state index >= 15 is 0 Å². The molecule has 0 saturated heterocycles. The van der Waals surface area contributed by atoms with Crippen LogP contribution in [-0.2, 0) is 6.54 Å². The summed E-state index contributed by atoms with van der Waals surface area (Å²) in [5.74, 6) is 1.13. The van der Waals surface area contributed by atoms with Crippen molar-refractivity contribution in [1.29, 1.82) is 0 Å². The third-order valence-electron chi connectivity index (χ3n) is 1.71. The number of nitrogens with two attached hydrogens (primary N) is 1. The van der Waals surface area contributed by atoms with Gasteiger partial charge in [-0.25, -0.2) is 4.68 Å². The summed E-state index contributed by atoms with van der Waals surface area (Å²) in [7, 11) is 0. The van der Waals surface area contributed by atoms with E-state index in [4.69, 9.17) is 5.73 Å². The Bertz CT molecular complexity index is 229. The molecule has 5 nitrogen and oxygen atoms in total. The third-order valence-corrected chi connectivity index (χ3v) is 1.71. The Morgan fingerprint density at radius 2 is 2.25 bits per heavy atom. The van der Waals surface area contributed by atoms with E-state index in [0.29, 0.717) is 5.95 Å². The highest BCUT2D eigenvalue weighted by Gasteiger charge is 2.00. The molecule has 0 aliphatic carbocycles. The Morgan fingerprint density at radius 3 is 2.75 bits per heavy atom. The van der Waals surface area contributed by atoms with Crippen LogP contribution in [0.1, 0.15) is 26.7 Å². The van der Waals surface area contributed by atoms with Crippen molar-refractivity contribution in [2.45, 2.75) is 33.2 Å². The second kappa shape index (κ2) is 4.04. The first kappa shape index (κ1) is 8.96. The molecule has 0 aromatic carbocycles. The Morgan fingerprint density at radius 1 is 1.50 bits per heavy atom. The SMILES string of the molecule is CC(C)CCCn1nnnc1N. The fraction of sp³-hybridized carbons (Fsp3) is 0.857. The number of nitrogens with zero attached hydrogens (tertiary/aromatic N) is 4. The number of anilines is 1. The Kier molecular flexibility index (Phi) is 3.01. The van der Waals surface area contributed by atoms with Gasteiger partial charge in [-0.1, -0.05) is 18.9 Å². The summed E-state index contributed by atoms with van der Waals surface area (Å²) in [5, 5.41) is 10.8. The van der Waals surface area contributed by atoms with Gasteiger partial charge in [-0.05, 0) is 29.2 Å². The average Bonchev–Trinajstić information content (AvgIpc) is 2.36. The number of hydrogen-bond donors (Lipinski definition) is 1. The van der Waals surface area contributed by atoms with Crippen LogP contribution in [0.2, 0.25) is 0 Å². The molecule has 0 saturated carbocycles. The van der Waals surface area contributed by atoms with E-state index in [1.807, 2.05) is 0 Å². The fourth-order valence-corrected chi connectivity index (χ4v) is 1.02. The number of tetrazole rings is 1. The summed E-state index contributed by atoms with van der Waals surface area (Å²) in [5.41, 5.74) is 5.48. The highest BCUT2D eigenvalue weighted by molar-refractivity contribution is 5.09. The van der Waals surface area contributed by atoms with Gasteiger partial charge in [-0.15, -0.1) is 0 Å². The molecule has 0 fully saturated rings. The molecule has 0 spiro atoms. The number of rotatable bonds is 4. The molecular weight excluding hydrogens is 154 g/mol. The zero-order valence-corrected chi connectivity index (χ0v) is 7.56.